The molecule has 7 heteroatoms. The van der Waals surface area contributed by atoms with Crippen LogP contribution in [0.25, 0.3) is 0 Å². The van der Waals surface area contributed by atoms with Crippen LogP contribution in [-0.2, 0) is 4.74 Å². The average molecular weight is 352 g/mol. The van der Waals surface area contributed by atoms with Crippen molar-refractivity contribution < 1.29 is 14.6 Å². The zero-order valence-electron chi connectivity index (χ0n) is 14.3. The topological polar surface area (TPSA) is 46.3 Å². The van der Waals surface area contributed by atoms with Gasteiger partial charge in [0.05, 0.1) is 39.0 Å². The van der Waals surface area contributed by atoms with Gasteiger partial charge in [-0.05, 0) is 18.3 Å². The fraction of sp³-hybridized carbons (Fsp3) is 0.647. The van der Waals surface area contributed by atoms with Gasteiger partial charge >= 0.3 is 0 Å². The van der Waals surface area contributed by atoms with Gasteiger partial charge in [0.15, 0.2) is 5.11 Å². The molecular weight excluding hydrogens is 322 g/mol. The summed E-state index contributed by atoms with van der Waals surface area (Å²) in [5, 5.41) is 4.34. The van der Waals surface area contributed by atoms with Gasteiger partial charge in [0.2, 0.25) is 0 Å². The van der Waals surface area contributed by atoms with Crippen molar-refractivity contribution in [2.45, 2.75) is 6.42 Å². The molecule has 2 aliphatic heterocycles. The molecule has 0 amide bonds. The first-order valence-electron chi connectivity index (χ1n) is 8.99. The summed E-state index contributed by atoms with van der Waals surface area (Å²) in [5.74, 6) is 1.18. The molecule has 0 radical (unpaired) electrons. The molecule has 0 aliphatic carbocycles. The van der Waals surface area contributed by atoms with Crippen molar-refractivity contribution in [3.63, 3.8) is 0 Å². The van der Waals surface area contributed by atoms with Crippen LogP contribution in [0.1, 0.15) is 6.42 Å². The molecule has 132 valence electrons. The number of pyridine rings is 1. The van der Waals surface area contributed by atoms with Gasteiger partial charge in [-0.1, -0.05) is 6.07 Å². The van der Waals surface area contributed by atoms with Crippen LogP contribution in [-0.4, -0.2) is 75.6 Å². The molecule has 2 saturated heterocycles. The van der Waals surface area contributed by atoms with Crippen LogP contribution < -0.4 is 20.1 Å². The van der Waals surface area contributed by atoms with Crippen molar-refractivity contribution in [2.24, 2.45) is 0 Å². The lowest BCUT2D eigenvalue weighted by Gasteiger charge is -2.32. The Morgan fingerprint density at radius 2 is 2.00 bits per heavy atom. The third-order valence-corrected chi connectivity index (χ3v) is 5.19. The number of hydrogen-bond donors (Lipinski definition) is 2. The van der Waals surface area contributed by atoms with E-state index < -0.39 is 0 Å². The van der Waals surface area contributed by atoms with Crippen molar-refractivity contribution in [1.29, 1.82) is 0 Å². The second-order valence-electron chi connectivity index (χ2n) is 6.42. The van der Waals surface area contributed by atoms with E-state index in [1.807, 2.05) is 12.3 Å². The number of nitrogens with zero attached hydrogens (tertiary/aromatic N) is 2. The number of thiocarbonyl (C=S) groups is 1. The average Bonchev–Trinajstić information content (AvgIpc) is 2.67. The molecule has 2 aliphatic rings. The number of morpholine rings is 1. The van der Waals surface area contributed by atoms with Gasteiger partial charge in [0.25, 0.3) is 5.82 Å². The number of piperazine rings is 1. The smallest absolute Gasteiger partial charge is 0.274 e. The minimum atomic E-state index is 0.906. The normalized spacial score (nSPS) is 19.3. The van der Waals surface area contributed by atoms with Crippen LogP contribution in [0.15, 0.2) is 24.4 Å². The molecule has 3 N–H and O–H groups in total. The zero-order valence-corrected chi connectivity index (χ0v) is 15.1. The van der Waals surface area contributed by atoms with Gasteiger partial charge in [0, 0.05) is 19.0 Å². The van der Waals surface area contributed by atoms with Crippen LogP contribution in [0.2, 0.25) is 0 Å². The van der Waals surface area contributed by atoms with Crippen molar-refractivity contribution >= 4 is 23.1 Å². The fourth-order valence-electron chi connectivity index (χ4n) is 3.29. The number of aromatic amines is 1. The summed E-state index contributed by atoms with van der Waals surface area (Å²) in [7, 11) is 0. The number of nitrogens with one attached hydrogen (secondary N) is 3. The molecule has 1 aromatic rings. The summed E-state index contributed by atoms with van der Waals surface area (Å²) in [6, 6.07) is 6.21. The highest BCUT2D eigenvalue weighted by atomic mass is 32.1. The number of hydrogen-bond acceptors (Lipinski definition) is 3. The van der Waals surface area contributed by atoms with Gasteiger partial charge in [-0.25, -0.2) is 4.98 Å². The van der Waals surface area contributed by atoms with Crippen molar-refractivity contribution in [3.05, 3.63) is 24.4 Å². The van der Waals surface area contributed by atoms with Crippen molar-refractivity contribution in [2.75, 3.05) is 70.5 Å². The van der Waals surface area contributed by atoms with Crippen LogP contribution in [0.5, 0.6) is 0 Å². The maximum absolute atomic E-state index is 5.56. The van der Waals surface area contributed by atoms with Gasteiger partial charge in [-0.2, -0.15) is 0 Å². The highest BCUT2D eigenvalue weighted by Gasteiger charge is 2.24. The standard InChI is InChI=1S/C17H27N5OS/c24-17(19-6-3-7-20-12-14-23-15-13-20)22-10-8-21(9-11-22)16-4-1-2-5-18-16/h1-2,4-5H,3,6-15H2,(H,19,24)/p+2. The number of H-pyrrole nitrogens is 1. The quantitative estimate of drug-likeness (QED) is 0.516. The van der Waals surface area contributed by atoms with Crippen molar-refractivity contribution in [3.8, 4) is 0 Å². The Bertz CT molecular complexity index is 501. The van der Waals surface area contributed by atoms with Crippen LogP contribution >= 0.6 is 12.2 Å². The minimum Gasteiger partial charge on any atom is -0.370 e. The fourth-order valence-corrected chi connectivity index (χ4v) is 3.57. The number of ether oxygens (including phenoxy) is 1. The first-order valence-corrected chi connectivity index (χ1v) is 9.39. The van der Waals surface area contributed by atoms with E-state index in [0.717, 1.165) is 70.6 Å². The molecule has 2 fully saturated rings. The largest absolute Gasteiger partial charge is 0.370 e. The first-order chi connectivity index (χ1) is 11.8. The van der Waals surface area contributed by atoms with Crippen LogP contribution in [0.3, 0.4) is 0 Å². The van der Waals surface area contributed by atoms with Crippen molar-refractivity contribution in [1.82, 2.24) is 10.2 Å². The SMILES string of the molecule is S=C(NCCC[NH+]1CCOCC1)N1CCN(c2cccc[nH+]2)CC1. The lowest BCUT2D eigenvalue weighted by atomic mass is 10.3. The Balaban J connectivity index is 1.32. The minimum absolute atomic E-state index is 0.906. The molecule has 0 unspecified atom stereocenters. The maximum Gasteiger partial charge on any atom is 0.274 e. The molecule has 1 aromatic heterocycles. The second-order valence-corrected chi connectivity index (χ2v) is 6.81. The van der Waals surface area contributed by atoms with E-state index in [1.54, 1.807) is 4.90 Å². The third-order valence-electron chi connectivity index (χ3n) is 4.78. The predicted octanol–water partition coefficient (Wildman–Crippen LogP) is -1.20. The van der Waals surface area contributed by atoms with E-state index in [-0.39, 0.29) is 0 Å². The molecule has 0 atom stereocenters. The van der Waals surface area contributed by atoms with E-state index in [4.69, 9.17) is 17.0 Å². The molecule has 0 aromatic carbocycles. The second kappa shape index (κ2) is 9.15. The molecule has 6 nitrogen and oxygen atoms in total. The molecule has 3 heterocycles. The Morgan fingerprint density at radius 3 is 2.71 bits per heavy atom. The summed E-state index contributed by atoms with van der Waals surface area (Å²) in [5.41, 5.74) is 0. The van der Waals surface area contributed by atoms with Gasteiger partial charge < -0.3 is 19.9 Å². The molecule has 0 spiro atoms. The van der Waals surface area contributed by atoms with E-state index >= 15 is 0 Å². The summed E-state index contributed by atoms with van der Waals surface area (Å²) < 4.78 is 5.39. The molecule has 24 heavy (non-hydrogen) atoms. The molecular formula is C17H29N5OS+2. The Hall–Kier alpha value is -1.44. The monoisotopic (exact) mass is 351 g/mol. The third kappa shape index (κ3) is 5.03. The zero-order chi connectivity index (χ0) is 16.6. The van der Waals surface area contributed by atoms with E-state index in [9.17, 15) is 0 Å². The van der Waals surface area contributed by atoms with E-state index in [0.29, 0.717) is 0 Å². The highest BCUT2D eigenvalue weighted by molar-refractivity contribution is 7.80. The van der Waals surface area contributed by atoms with E-state index in [2.05, 4.69) is 32.2 Å². The molecule has 3 rings (SSSR count). The summed E-state index contributed by atoms with van der Waals surface area (Å²) in [6.45, 7) is 10.2. The van der Waals surface area contributed by atoms with Crippen LogP contribution in [0.4, 0.5) is 5.82 Å². The van der Waals surface area contributed by atoms with E-state index in [1.165, 1.54) is 12.4 Å². The number of aromatic nitrogens is 1. The molecule has 0 bridgehead atoms. The summed E-state index contributed by atoms with van der Waals surface area (Å²) in [6.07, 6.45) is 3.14. The first kappa shape index (κ1) is 17.4. The number of quaternary nitrogens is 1. The van der Waals surface area contributed by atoms with Gasteiger partial charge in [-0.3, -0.25) is 4.90 Å². The van der Waals surface area contributed by atoms with Gasteiger partial charge in [0.1, 0.15) is 26.2 Å². The Labute approximate surface area is 149 Å². The highest BCUT2D eigenvalue weighted by Crippen LogP contribution is 2.09. The molecule has 0 saturated carbocycles. The number of anilines is 1. The number of rotatable bonds is 5. The van der Waals surface area contributed by atoms with Gasteiger partial charge in [-0.15, -0.1) is 0 Å². The summed E-state index contributed by atoms with van der Waals surface area (Å²) >= 11 is 5.56. The Kier molecular flexibility index (Phi) is 6.63. The lowest BCUT2D eigenvalue weighted by Crippen LogP contribution is -3.14. The predicted molar refractivity (Wildman–Crippen MR) is 98.4 cm³/mol. The van der Waals surface area contributed by atoms with Crippen LogP contribution in [0, 0.1) is 0 Å². The Morgan fingerprint density at radius 1 is 1.21 bits per heavy atom. The summed E-state index contributed by atoms with van der Waals surface area (Å²) in [4.78, 5) is 9.62. The lowest BCUT2D eigenvalue weighted by molar-refractivity contribution is -0.908. The maximum atomic E-state index is 5.56.